The average molecular weight is 357 g/mol. The molecule has 0 radical (unpaired) electrons. The van der Waals surface area contributed by atoms with Crippen molar-refractivity contribution < 1.29 is 14.4 Å². The predicted octanol–water partition coefficient (Wildman–Crippen LogP) is 2.92. The Hall–Kier alpha value is -2.67. The third kappa shape index (κ3) is 3.71. The molecule has 7 heteroatoms. The number of nitrogens with one attached hydrogen (secondary N) is 2. The second kappa shape index (κ2) is 7.06. The fourth-order valence-corrected chi connectivity index (χ4v) is 3.73. The first-order valence-electron chi connectivity index (χ1n) is 8.05. The summed E-state index contributed by atoms with van der Waals surface area (Å²) in [4.78, 5) is 38.7. The molecular formula is C18H19N3O3S. The summed E-state index contributed by atoms with van der Waals surface area (Å²) in [5, 5.41) is 5.37. The first-order chi connectivity index (χ1) is 12.0. The van der Waals surface area contributed by atoms with E-state index in [1.54, 1.807) is 18.2 Å². The van der Waals surface area contributed by atoms with Gasteiger partial charge in [-0.15, -0.1) is 11.3 Å². The van der Waals surface area contributed by atoms with Crippen LogP contribution in [0.5, 0.6) is 0 Å². The largest absolute Gasteiger partial charge is 0.329 e. The number of hydrogen-bond acceptors (Lipinski definition) is 4. The molecule has 0 saturated carbocycles. The summed E-state index contributed by atoms with van der Waals surface area (Å²) in [6, 6.07) is 8.71. The van der Waals surface area contributed by atoms with E-state index in [1.807, 2.05) is 19.1 Å². The van der Waals surface area contributed by atoms with Gasteiger partial charge in [-0.1, -0.05) is 19.1 Å². The number of urea groups is 1. The molecule has 1 saturated heterocycles. The average Bonchev–Trinajstić information content (AvgIpc) is 3.12. The molecule has 4 amide bonds. The number of amides is 4. The Balaban J connectivity index is 1.71. The van der Waals surface area contributed by atoms with Gasteiger partial charge in [0, 0.05) is 10.6 Å². The third-order valence-corrected chi connectivity index (χ3v) is 5.18. The van der Waals surface area contributed by atoms with E-state index >= 15 is 0 Å². The van der Waals surface area contributed by atoms with Gasteiger partial charge in [-0.2, -0.15) is 0 Å². The highest BCUT2D eigenvalue weighted by molar-refractivity contribution is 7.14. The lowest BCUT2D eigenvalue weighted by atomic mass is 10.2. The van der Waals surface area contributed by atoms with E-state index < -0.39 is 0 Å². The van der Waals surface area contributed by atoms with Crippen LogP contribution in [0.25, 0.3) is 0 Å². The first-order valence-corrected chi connectivity index (χ1v) is 8.87. The molecule has 2 aromatic rings. The van der Waals surface area contributed by atoms with E-state index in [-0.39, 0.29) is 30.9 Å². The van der Waals surface area contributed by atoms with Crippen LogP contribution in [-0.2, 0) is 17.8 Å². The highest BCUT2D eigenvalue weighted by atomic mass is 32.1. The van der Waals surface area contributed by atoms with E-state index in [0.29, 0.717) is 10.6 Å². The normalized spacial score (nSPS) is 13.9. The fourth-order valence-electron chi connectivity index (χ4n) is 2.72. The molecular weight excluding hydrogens is 338 g/mol. The second-order valence-corrected chi connectivity index (χ2v) is 7.10. The van der Waals surface area contributed by atoms with Crippen molar-refractivity contribution in [1.29, 1.82) is 0 Å². The summed E-state index contributed by atoms with van der Waals surface area (Å²) in [7, 11) is 0. The van der Waals surface area contributed by atoms with Gasteiger partial charge in [0.1, 0.15) is 0 Å². The SMILES string of the molecule is CCc1cc(C(=O)Nc2cccc(CN3C(=O)CNC3=O)c2)sc1C. The van der Waals surface area contributed by atoms with Crippen molar-refractivity contribution in [3.8, 4) is 0 Å². The summed E-state index contributed by atoms with van der Waals surface area (Å²) in [5.74, 6) is -0.402. The van der Waals surface area contributed by atoms with Crippen molar-refractivity contribution in [1.82, 2.24) is 10.2 Å². The van der Waals surface area contributed by atoms with Crippen molar-refractivity contribution >= 4 is 34.9 Å². The van der Waals surface area contributed by atoms with E-state index in [2.05, 4.69) is 17.6 Å². The number of hydrogen-bond donors (Lipinski definition) is 2. The zero-order valence-corrected chi connectivity index (χ0v) is 14.9. The third-order valence-electron chi connectivity index (χ3n) is 4.09. The van der Waals surface area contributed by atoms with Crippen LogP contribution in [0.4, 0.5) is 10.5 Å². The lowest BCUT2D eigenvalue weighted by Crippen LogP contribution is -2.30. The van der Waals surface area contributed by atoms with Gasteiger partial charge >= 0.3 is 6.03 Å². The Bertz CT molecular complexity index is 828. The maximum absolute atomic E-state index is 12.4. The Kier molecular flexibility index (Phi) is 4.85. The van der Waals surface area contributed by atoms with Gasteiger partial charge in [-0.3, -0.25) is 14.5 Å². The van der Waals surface area contributed by atoms with Crippen molar-refractivity contribution in [3.05, 3.63) is 51.2 Å². The summed E-state index contributed by atoms with van der Waals surface area (Å²) in [5.41, 5.74) is 2.60. The van der Waals surface area contributed by atoms with Crippen molar-refractivity contribution in [2.75, 3.05) is 11.9 Å². The smallest absolute Gasteiger partial charge is 0.324 e. The van der Waals surface area contributed by atoms with Gasteiger partial charge in [0.05, 0.1) is 18.0 Å². The highest BCUT2D eigenvalue weighted by Gasteiger charge is 2.28. The Morgan fingerprint density at radius 2 is 2.12 bits per heavy atom. The van der Waals surface area contributed by atoms with Crippen LogP contribution in [0.2, 0.25) is 0 Å². The van der Waals surface area contributed by atoms with Gasteiger partial charge in [0.25, 0.3) is 5.91 Å². The zero-order valence-electron chi connectivity index (χ0n) is 14.1. The van der Waals surface area contributed by atoms with Crippen LogP contribution in [0.1, 0.15) is 32.6 Å². The van der Waals surface area contributed by atoms with Crippen LogP contribution in [0.15, 0.2) is 30.3 Å². The number of carbonyl (C=O) groups excluding carboxylic acids is 3. The van der Waals surface area contributed by atoms with E-state index in [9.17, 15) is 14.4 Å². The predicted molar refractivity (Wildman–Crippen MR) is 96.8 cm³/mol. The quantitative estimate of drug-likeness (QED) is 0.808. The molecule has 1 fully saturated rings. The van der Waals surface area contributed by atoms with Crippen molar-refractivity contribution in [3.63, 3.8) is 0 Å². The molecule has 0 unspecified atom stereocenters. The molecule has 1 aliphatic rings. The van der Waals surface area contributed by atoms with Crippen LogP contribution in [0, 0.1) is 6.92 Å². The molecule has 3 rings (SSSR count). The number of aryl methyl sites for hydroxylation is 2. The van der Waals surface area contributed by atoms with Crippen LogP contribution in [0.3, 0.4) is 0 Å². The van der Waals surface area contributed by atoms with Crippen molar-refractivity contribution in [2.45, 2.75) is 26.8 Å². The summed E-state index contributed by atoms with van der Waals surface area (Å²) >= 11 is 1.48. The summed E-state index contributed by atoms with van der Waals surface area (Å²) < 4.78 is 0. The number of imide groups is 1. The lowest BCUT2D eigenvalue weighted by Gasteiger charge is -2.13. The minimum absolute atomic E-state index is 0.0345. The summed E-state index contributed by atoms with van der Waals surface area (Å²) in [6.07, 6.45) is 0.900. The second-order valence-electron chi connectivity index (χ2n) is 5.84. The molecule has 130 valence electrons. The van der Waals surface area contributed by atoms with Gasteiger partial charge in [0.2, 0.25) is 5.91 Å². The Morgan fingerprint density at radius 1 is 1.32 bits per heavy atom. The number of anilines is 1. The van der Waals surface area contributed by atoms with Gasteiger partial charge in [-0.25, -0.2) is 4.79 Å². The van der Waals surface area contributed by atoms with Gasteiger partial charge in [0.15, 0.2) is 0 Å². The standard InChI is InChI=1S/C18H19N3O3S/c1-3-13-8-15(25-11(13)2)17(23)20-14-6-4-5-12(7-14)10-21-16(22)9-19-18(21)24/h4-8H,3,9-10H2,1-2H3,(H,19,24)(H,20,23). The molecule has 25 heavy (non-hydrogen) atoms. The number of thiophene rings is 1. The van der Waals surface area contributed by atoms with Crippen LogP contribution in [-0.4, -0.2) is 29.3 Å². The molecule has 2 N–H and O–H groups in total. The molecule has 0 aliphatic carbocycles. The first kappa shape index (κ1) is 17.2. The highest BCUT2D eigenvalue weighted by Crippen LogP contribution is 2.23. The molecule has 0 bridgehead atoms. The van der Waals surface area contributed by atoms with Crippen LogP contribution >= 0.6 is 11.3 Å². The molecule has 6 nitrogen and oxygen atoms in total. The molecule has 1 aromatic heterocycles. The maximum Gasteiger partial charge on any atom is 0.324 e. The fraction of sp³-hybridized carbons (Fsp3) is 0.278. The topological polar surface area (TPSA) is 78.5 Å². The van der Waals surface area contributed by atoms with E-state index in [1.165, 1.54) is 16.9 Å². The molecule has 2 heterocycles. The number of benzene rings is 1. The van der Waals surface area contributed by atoms with Crippen LogP contribution < -0.4 is 10.6 Å². The van der Waals surface area contributed by atoms with E-state index in [4.69, 9.17) is 0 Å². The molecule has 0 spiro atoms. The Labute approximate surface area is 149 Å². The van der Waals surface area contributed by atoms with E-state index in [0.717, 1.165) is 21.8 Å². The number of rotatable bonds is 5. The molecule has 1 aliphatic heterocycles. The molecule has 1 aromatic carbocycles. The minimum atomic E-state index is -0.388. The maximum atomic E-state index is 12.4. The molecule has 0 atom stereocenters. The van der Waals surface area contributed by atoms with Gasteiger partial charge in [-0.05, 0) is 42.7 Å². The Morgan fingerprint density at radius 3 is 2.76 bits per heavy atom. The summed E-state index contributed by atoms with van der Waals surface area (Å²) in [6.45, 7) is 4.30. The lowest BCUT2D eigenvalue weighted by molar-refractivity contribution is -0.125. The number of carbonyl (C=O) groups is 3. The van der Waals surface area contributed by atoms with Crippen molar-refractivity contribution in [2.24, 2.45) is 0 Å². The minimum Gasteiger partial charge on any atom is -0.329 e. The monoisotopic (exact) mass is 357 g/mol. The van der Waals surface area contributed by atoms with Gasteiger partial charge < -0.3 is 10.6 Å². The zero-order chi connectivity index (χ0) is 18.0. The number of nitrogens with zero attached hydrogens (tertiary/aromatic N) is 1.